The SMILES string of the molecule is CN(C(=O)OC(C)(C)C)C1CN(c2cc(CC3CC3)ncn2)C1. The fourth-order valence-electron chi connectivity index (χ4n) is 2.66. The number of hydrogen-bond donors (Lipinski definition) is 0. The second-order valence-electron chi connectivity index (χ2n) is 7.67. The minimum absolute atomic E-state index is 0.173. The van der Waals surface area contributed by atoms with Crippen molar-refractivity contribution < 1.29 is 9.53 Å². The Labute approximate surface area is 137 Å². The molecule has 1 saturated heterocycles. The van der Waals surface area contributed by atoms with Crippen molar-refractivity contribution in [2.24, 2.45) is 5.92 Å². The monoisotopic (exact) mass is 318 g/mol. The molecule has 1 aliphatic carbocycles. The Balaban J connectivity index is 1.53. The van der Waals surface area contributed by atoms with Crippen molar-refractivity contribution in [3.63, 3.8) is 0 Å². The Bertz CT molecular complexity index is 574. The number of carbonyl (C=O) groups excluding carboxylic acids is 1. The molecule has 2 aliphatic rings. The Morgan fingerprint density at radius 2 is 2.04 bits per heavy atom. The summed E-state index contributed by atoms with van der Waals surface area (Å²) in [5.74, 6) is 1.78. The van der Waals surface area contributed by atoms with Gasteiger partial charge in [0, 0.05) is 31.9 Å². The lowest BCUT2D eigenvalue weighted by Gasteiger charge is -2.44. The fourth-order valence-corrected chi connectivity index (χ4v) is 2.66. The lowest BCUT2D eigenvalue weighted by Crippen LogP contribution is -2.60. The van der Waals surface area contributed by atoms with Crippen molar-refractivity contribution in [1.29, 1.82) is 0 Å². The van der Waals surface area contributed by atoms with E-state index in [0.717, 1.165) is 36.9 Å². The lowest BCUT2D eigenvalue weighted by molar-refractivity contribution is 0.0196. The van der Waals surface area contributed by atoms with Crippen LogP contribution in [0.5, 0.6) is 0 Å². The first-order valence-corrected chi connectivity index (χ1v) is 8.33. The van der Waals surface area contributed by atoms with E-state index in [1.165, 1.54) is 12.8 Å². The Hall–Kier alpha value is -1.85. The van der Waals surface area contributed by atoms with Crippen LogP contribution >= 0.6 is 0 Å². The third-order valence-corrected chi connectivity index (χ3v) is 4.32. The summed E-state index contributed by atoms with van der Waals surface area (Å²) in [5.41, 5.74) is 0.667. The zero-order valence-corrected chi connectivity index (χ0v) is 14.5. The van der Waals surface area contributed by atoms with E-state index >= 15 is 0 Å². The second kappa shape index (κ2) is 5.98. The Morgan fingerprint density at radius 3 is 2.65 bits per heavy atom. The molecule has 3 rings (SSSR count). The maximum absolute atomic E-state index is 12.1. The van der Waals surface area contributed by atoms with Crippen LogP contribution in [-0.4, -0.2) is 52.7 Å². The molecular formula is C17H26N4O2. The van der Waals surface area contributed by atoms with Gasteiger partial charge in [0.2, 0.25) is 0 Å². The van der Waals surface area contributed by atoms with Gasteiger partial charge in [-0.05, 0) is 46.0 Å². The number of rotatable bonds is 4. The molecule has 1 saturated carbocycles. The highest BCUT2D eigenvalue weighted by Crippen LogP contribution is 2.32. The zero-order valence-electron chi connectivity index (χ0n) is 14.5. The molecule has 1 aromatic heterocycles. The third-order valence-electron chi connectivity index (χ3n) is 4.32. The first kappa shape index (κ1) is 16.0. The van der Waals surface area contributed by atoms with Gasteiger partial charge in [-0.2, -0.15) is 0 Å². The van der Waals surface area contributed by atoms with Crippen LogP contribution in [0.3, 0.4) is 0 Å². The summed E-state index contributed by atoms with van der Waals surface area (Å²) in [6.45, 7) is 7.22. The summed E-state index contributed by atoms with van der Waals surface area (Å²) in [4.78, 5) is 24.7. The van der Waals surface area contributed by atoms with Gasteiger partial charge in [0.1, 0.15) is 17.7 Å². The van der Waals surface area contributed by atoms with Crippen molar-refractivity contribution in [2.75, 3.05) is 25.0 Å². The minimum Gasteiger partial charge on any atom is -0.444 e. The molecule has 0 N–H and O–H groups in total. The Kier molecular flexibility index (Phi) is 4.17. The molecule has 0 atom stereocenters. The summed E-state index contributed by atoms with van der Waals surface area (Å²) in [6, 6.07) is 2.26. The Morgan fingerprint density at radius 1 is 1.35 bits per heavy atom. The maximum atomic E-state index is 12.1. The van der Waals surface area contributed by atoms with Gasteiger partial charge in [0.25, 0.3) is 0 Å². The molecule has 0 aromatic carbocycles. The van der Waals surface area contributed by atoms with Crippen molar-refractivity contribution in [3.05, 3.63) is 18.1 Å². The van der Waals surface area contributed by atoms with E-state index in [9.17, 15) is 4.79 Å². The van der Waals surface area contributed by atoms with E-state index in [0.29, 0.717) is 0 Å². The van der Waals surface area contributed by atoms with Crippen LogP contribution in [0.4, 0.5) is 10.6 Å². The maximum Gasteiger partial charge on any atom is 0.410 e. The summed E-state index contributed by atoms with van der Waals surface area (Å²) < 4.78 is 5.41. The summed E-state index contributed by atoms with van der Waals surface area (Å²) in [7, 11) is 1.80. The number of carbonyl (C=O) groups is 1. The highest BCUT2D eigenvalue weighted by molar-refractivity contribution is 5.69. The lowest BCUT2D eigenvalue weighted by atomic mass is 10.1. The van der Waals surface area contributed by atoms with Gasteiger partial charge in [-0.15, -0.1) is 0 Å². The molecule has 0 bridgehead atoms. The molecule has 2 heterocycles. The predicted octanol–water partition coefficient (Wildman–Crippen LogP) is 2.48. The highest BCUT2D eigenvalue weighted by atomic mass is 16.6. The molecule has 6 heteroatoms. The number of nitrogens with zero attached hydrogens (tertiary/aromatic N) is 4. The molecule has 126 valence electrons. The summed E-state index contributed by atoms with van der Waals surface area (Å²) in [6.07, 6.45) is 5.10. The van der Waals surface area contributed by atoms with E-state index in [-0.39, 0.29) is 12.1 Å². The molecule has 23 heavy (non-hydrogen) atoms. The van der Waals surface area contributed by atoms with Crippen molar-refractivity contribution in [2.45, 2.75) is 51.7 Å². The molecule has 2 fully saturated rings. The smallest absolute Gasteiger partial charge is 0.410 e. The first-order valence-electron chi connectivity index (χ1n) is 8.33. The summed E-state index contributed by atoms with van der Waals surface area (Å²) >= 11 is 0. The quantitative estimate of drug-likeness (QED) is 0.853. The van der Waals surface area contributed by atoms with E-state index in [1.54, 1.807) is 18.3 Å². The second-order valence-corrected chi connectivity index (χ2v) is 7.67. The number of amides is 1. The van der Waals surface area contributed by atoms with E-state index in [2.05, 4.69) is 20.9 Å². The number of aromatic nitrogens is 2. The third kappa shape index (κ3) is 4.12. The normalized spacial score (nSPS) is 18.5. The summed E-state index contributed by atoms with van der Waals surface area (Å²) in [5, 5.41) is 0. The van der Waals surface area contributed by atoms with Crippen LogP contribution in [0.2, 0.25) is 0 Å². The van der Waals surface area contributed by atoms with Gasteiger partial charge < -0.3 is 14.5 Å². The molecule has 1 aliphatic heterocycles. The largest absolute Gasteiger partial charge is 0.444 e. The van der Waals surface area contributed by atoms with Crippen molar-refractivity contribution in [3.8, 4) is 0 Å². The number of ether oxygens (including phenoxy) is 1. The average molecular weight is 318 g/mol. The van der Waals surface area contributed by atoms with Crippen molar-refractivity contribution >= 4 is 11.9 Å². The van der Waals surface area contributed by atoms with Crippen LogP contribution in [0, 0.1) is 5.92 Å². The predicted molar refractivity (Wildman–Crippen MR) is 88.5 cm³/mol. The van der Waals surface area contributed by atoms with Gasteiger partial charge in [-0.1, -0.05) is 0 Å². The highest BCUT2D eigenvalue weighted by Gasteiger charge is 2.35. The van der Waals surface area contributed by atoms with Crippen LogP contribution in [-0.2, 0) is 11.2 Å². The fraction of sp³-hybridized carbons (Fsp3) is 0.706. The van der Waals surface area contributed by atoms with Crippen LogP contribution < -0.4 is 4.90 Å². The van der Waals surface area contributed by atoms with Crippen molar-refractivity contribution in [1.82, 2.24) is 14.9 Å². The van der Waals surface area contributed by atoms with E-state index < -0.39 is 5.60 Å². The number of anilines is 1. The molecule has 1 aromatic rings. The molecule has 0 spiro atoms. The van der Waals surface area contributed by atoms with Gasteiger partial charge in [0.05, 0.1) is 6.04 Å². The molecule has 0 radical (unpaired) electrons. The number of hydrogen-bond acceptors (Lipinski definition) is 5. The van der Waals surface area contributed by atoms with Gasteiger partial charge in [-0.25, -0.2) is 14.8 Å². The minimum atomic E-state index is -0.459. The molecular weight excluding hydrogens is 292 g/mol. The van der Waals surface area contributed by atoms with Crippen LogP contribution in [0.25, 0.3) is 0 Å². The molecule has 1 amide bonds. The first-order chi connectivity index (χ1) is 10.8. The average Bonchev–Trinajstić information content (AvgIpc) is 3.19. The van der Waals surface area contributed by atoms with Crippen LogP contribution in [0.15, 0.2) is 12.4 Å². The zero-order chi connectivity index (χ0) is 16.6. The van der Waals surface area contributed by atoms with Gasteiger partial charge in [0.15, 0.2) is 0 Å². The topological polar surface area (TPSA) is 58.6 Å². The van der Waals surface area contributed by atoms with Gasteiger partial charge in [-0.3, -0.25) is 0 Å². The van der Waals surface area contributed by atoms with E-state index in [4.69, 9.17) is 4.74 Å². The van der Waals surface area contributed by atoms with Gasteiger partial charge >= 0.3 is 6.09 Å². The van der Waals surface area contributed by atoms with E-state index in [1.807, 2.05) is 20.8 Å². The standard InChI is InChI=1S/C17H26N4O2/c1-17(2,3)23-16(22)20(4)14-9-21(10-14)15-8-13(18-11-19-15)7-12-5-6-12/h8,11-12,14H,5-7,9-10H2,1-4H3. The molecule has 6 nitrogen and oxygen atoms in total. The van der Waals surface area contributed by atoms with Crippen LogP contribution in [0.1, 0.15) is 39.3 Å². The molecule has 0 unspecified atom stereocenters. The number of likely N-dealkylation sites (N-methyl/N-ethyl adjacent to an activating group) is 1.